The lowest BCUT2D eigenvalue weighted by atomic mass is 10.2. The molecule has 0 bridgehead atoms. The Hall–Kier alpha value is -3.00. The first-order valence-corrected chi connectivity index (χ1v) is 8.22. The number of thiophene rings is 1. The van der Waals surface area contributed by atoms with E-state index in [4.69, 9.17) is 0 Å². The third-order valence-corrected chi connectivity index (χ3v) is 3.94. The molecule has 24 heavy (non-hydrogen) atoms. The van der Waals surface area contributed by atoms with Crippen molar-refractivity contribution in [3.8, 4) is 5.69 Å². The summed E-state index contributed by atoms with van der Waals surface area (Å²) in [6.45, 7) is 0.289. The Kier molecular flexibility index (Phi) is 4.97. The van der Waals surface area contributed by atoms with Crippen LogP contribution in [0, 0.1) is 0 Å². The van der Waals surface area contributed by atoms with E-state index in [0.717, 1.165) is 5.69 Å². The molecule has 0 radical (unpaired) electrons. The molecule has 0 spiro atoms. The predicted octanol–water partition coefficient (Wildman–Crippen LogP) is 2.09. The zero-order valence-electron chi connectivity index (χ0n) is 12.7. The van der Waals surface area contributed by atoms with Crippen molar-refractivity contribution in [3.63, 3.8) is 0 Å². The van der Waals surface area contributed by atoms with E-state index in [2.05, 4.69) is 20.7 Å². The van der Waals surface area contributed by atoms with Gasteiger partial charge in [-0.3, -0.25) is 9.59 Å². The number of rotatable bonds is 6. The van der Waals surface area contributed by atoms with Gasteiger partial charge in [0.1, 0.15) is 12.7 Å². The molecule has 2 amide bonds. The Bertz CT molecular complexity index is 798. The van der Waals surface area contributed by atoms with Gasteiger partial charge in [0.15, 0.2) is 0 Å². The molecule has 8 heteroatoms. The molecular formula is C16H15N5O2S. The van der Waals surface area contributed by atoms with Crippen LogP contribution in [0.25, 0.3) is 5.69 Å². The fraction of sp³-hybridized carbons (Fsp3) is 0.125. The smallest absolute Gasteiger partial charge is 0.252 e. The third-order valence-electron chi connectivity index (χ3n) is 3.26. The summed E-state index contributed by atoms with van der Waals surface area (Å²) in [4.78, 5) is 27.5. The quantitative estimate of drug-likeness (QED) is 0.718. The largest absolute Gasteiger partial charge is 0.351 e. The Balaban J connectivity index is 1.46. The molecule has 1 aromatic carbocycles. The van der Waals surface area contributed by atoms with E-state index in [-0.39, 0.29) is 24.8 Å². The number of aromatic nitrogens is 3. The first-order valence-electron chi connectivity index (χ1n) is 7.28. The monoisotopic (exact) mass is 341 g/mol. The maximum Gasteiger partial charge on any atom is 0.252 e. The minimum atomic E-state index is -0.166. The highest BCUT2D eigenvalue weighted by Crippen LogP contribution is 2.12. The number of hydrogen-bond acceptors (Lipinski definition) is 5. The van der Waals surface area contributed by atoms with Gasteiger partial charge in [0.2, 0.25) is 5.91 Å². The van der Waals surface area contributed by atoms with Gasteiger partial charge in [-0.05, 0) is 35.7 Å². The van der Waals surface area contributed by atoms with Crippen molar-refractivity contribution in [2.75, 3.05) is 11.9 Å². The summed E-state index contributed by atoms with van der Waals surface area (Å²) in [6.07, 6.45) is 3.27. The van der Waals surface area contributed by atoms with Crippen LogP contribution in [0.4, 0.5) is 5.69 Å². The fourth-order valence-electron chi connectivity index (χ4n) is 2.05. The third kappa shape index (κ3) is 4.05. The zero-order valence-corrected chi connectivity index (χ0v) is 13.5. The van der Waals surface area contributed by atoms with E-state index >= 15 is 0 Å². The highest BCUT2D eigenvalue weighted by molar-refractivity contribution is 7.08. The molecule has 2 N–H and O–H groups in total. The summed E-state index contributed by atoms with van der Waals surface area (Å²) < 4.78 is 1.63. The number of nitrogens with zero attached hydrogens (tertiary/aromatic N) is 3. The van der Waals surface area contributed by atoms with Gasteiger partial charge in [0, 0.05) is 29.6 Å². The lowest BCUT2D eigenvalue weighted by Gasteiger charge is -2.07. The summed E-state index contributed by atoms with van der Waals surface area (Å²) in [6, 6.07) is 9.00. The van der Waals surface area contributed by atoms with Gasteiger partial charge in [-0.1, -0.05) is 0 Å². The van der Waals surface area contributed by atoms with Crippen molar-refractivity contribution in [1.82, 2.24) is 20.1 Å². The first kappa shape index (κ1) is 15.9. The number of nitrogens with one attached hydrogen (secondary N) is 2. The highest BCUT2D eigenvalue weighted by Gasteiger charge is 2.07. The van der Waals surface area contributed by atoms with Crippen molar-refractivity contribution >= 4 is 28.8 Å². The highest BCUT2D eigenvalue weighted by atomic mass is 32.1. The molecule has 0 atom stereocenters. The number of carbonyl (C=O) groups is 2. The number of carbonyl (C=O) groups excluding carboxylic acids is 2. The SMILES string of the molecule is O=C(CCNC(=O)c1ccsc1)Nc1ccc(-n2cncn2)cc1. The van der Waals surface area contributed by atoms with Crippen molar-refractivity contribution in [1.29, 1.82) is 0 Å². The standard InChI is InChI=1S/C16H15N5O2S/c22-15(5-7-18-16(23)12-6-8-24-9-12)20-13-1-3-14(4-2-13)21-11-17-10-19-21/h1-4,6,8-11H,5,7H2,(H,18,23)(H,20,22). The van der Waals surface area contributed by atoms with Gasteiger partial charge >= 0.3 is 0 Å². The van der Waals surface area contributed by atoms with Crippen LogP contribution in [0.2, 0.25) is 0 Å². The molecule has 2 heterocycles. The Labute approximate surface area is 142 Å². The molecule has 0 fully saturated rings. The molecule has 0 aliphatic heterocycles. The zero-order chi connectivity index (χ0) is 16.8. The number of hydrogen-bond donors (Lipinski definition) is 2. The van der Waals surface area contributed by atoms with Gasteiger partial charge < -0.3 is 10.6 Å². The molecule has 0 unspecified atom stereocenters. The molecule has 122 valence electrons. The number of anilines is 1. The molecule has 2 aromatic heterocycles. The van der Waals surface area contributed by atoms with Crippen molar-refractivity contribution in [2.45, 2.75) is 6.42 Å². The van der Waals surface area contributed by atoms with Gasteiger partial charge in [0.05, 0.1) is 5.69 Å². The molecule has 0 aliphatic carbocycles. The Morgan fingerprint density at radius 1 is 1.17 bits per heavy atom. The molecule has 0 saturated carbocycles. The van der Waals surface area contributed by atoms with Gasteiger partial charge in [0.25, 0.3) is 5.91 Å². The average Bonchev–Trinajstić information content (AvgIpc) is 3.29. The molecular weight excluding hydrogens is 326 g/mol. The predicted molar refractivity (Wildman–Crippen MR) is 91.3 cm³/mol. The van der Waals surface area contributed by atoms with Crippen LogP contribution in [0.1, 0.15) is 16.8 Å². The van der Waals surface area contributed by atoms with Gasteiger partial charge in [-0.2, -0.15) is 16.4 Å². The second-order valence-electron chi connectivity index (χ2n) is 4.95. The van der Waals surface area contributed by atoms with Crippen LogP contribution in [-0.2, 0) is 4.79 Å². The summed E-state index contributed by atoms with van der Waals surface area (Å²) in [7, 11) is 0. The molecule has 3 rings (SSSR count). The lowest BCUT2D eigenvalue weighted by molar-refractivity contribution is -0.116. The van der Waals surface area contributed by atoms with E-state index in [0.29, 0.717) is 11.3 Å². The summed E-state index contributed by atoms with van der Waals surface area (Å²) >= 11 is 1.46. The van der Waals surface area contributed by atoms with Gasteiger partial charge in [-0.15, -0.1) is 0 Å². The average molecular weight is 341 g/mol. The Morgan fingerprint density at radius 3 is 2.67 bits per heavy atom. The lowest BCUT2D eigenvalue weighted by Crippen LogP contribution is -2.27. The fourth-order valence-corrected chi connectivity index (χ4v) is 2.68. The summed E-state index contributed by atoms with van der Waals surface area (Å²) in [5.41, 5.74) is 2.16. The summed E-state index contributed by atoms with van der Waals surface area (Å²) in [5.74, 6) is -0.324. The molecule has 0 saturated heterocycles. The molecule has 3 aromatic rings. The summed E-state index contributed by atoms with van der Waals surface area (Å²) in [5, 5.41) is 13.1. The molecule has 0 aliphatic rings. The second kappa shape index (κ2) is 7.51. The topological polar surface area (TPSA) is 88.9 Å². The van der Waals surface area contributed by atoms with Crippen molar-refractivity contribution in [3.05, 3.63) is 59.3 Å². The van der Waals surface area contributed by atoms with Crippen molar-refractivity contribution in [2.24, 2.45) is 0 Å². The van der Waals surface area contributed by atoms with Crippen LogP contribution in [0.15, 0.2) is 53.7 Å². The maximum absolute atomic E-state index is 11.9. The maximum atomic E-state index is 11.9. The van der Waals surface area contributed by atoms with E-state index in [1.54, 1.807) is 34.6 Å². The van der Waals surface area contributed by atoms with E-state index < -0.39 is 0 Å². The van der Waals surface area contributed by atoms with Crippen LogP contribution >= 0.6 is 11.3 Å². The first-order chi connectivity index (χ1) is 11.7. The minimum Gasteiger partial charge on any atom is -0.351 e. The van der Waals surface area contributed by atoms with Crippen LogP contribution < -0.4 is 10.6 Å². The van der Waals surface area contributed by atoms with E-state index in [1.165, 1.54) is 17.7 Å². The van der Waals surface area contributed by atoms with E-state index in [9.17, 15) is 9.59 Å². The minimum absolute atomic E-state index is 0.158. The van der Waals surface area contributed by atoms with Crippen molar-refractivity contribution < 1.29 is 9.59 Å². The molecule has 7 nitrogen and oxygen atoms in total. The van der Waals surface area contributed by atoms with Crippen LogP contribution in [-0.4, -0.2) is 33.1 Å². The second-order valence-corrected chi connectivity index (χ2v) is 5.73. The number of amides is 2. The number of benzene rings is 1. The van der Waals surface area contributed by atoms with Gasteiger partial charge in [-0.25, -0.2) is 9.67 Å². The van der Waals surface area contributed by atoms with E-state index in [1.807, 2.05) is 17.5 Å². The van der Waals surface area contributed by atoms with Crippen LogP contribution in [0.5, 0.6) is 0 Å². The van der Waals surface area contributed by atoms with Crippen LogP contribution in [0.3, 0.4) is 0 Å². The Morgan fingerprint density at radius 2 is 2.00 bits per heavy atom. The normalized spacial score (nSPS) is 10.3.